The lowest BCUT2D eigenvalue weighted by atomic mass is 9.88. The summed E-state index contributed by atoms with van der Waals surface area (Å²) in [5.41, 5.74) is 0.870. The minimum atomic E-state index is -0.253. The highest BCUT2D eigenvalue weighted by Gasteiger charge is 2.19. The van der Waals surface area contributed by atoms with Crippen molar-refractivity contribution in [1.29, 1.82) is 0 Å². The van der Waals surface area contributed by atoms with Gasteiger partial charge in [0.1, 0.15) is 0 Å². The van der Waals surface area contributed by atoms with Crippen LogP contribution in [0.25, 0.3) is 6.08 Å². The Morgan fingerprint density at radius 1 is 1.33 bits per heavy atom. The maximum absolute atomic E-state index is 12.0. The van der Waals surface area contributed by atoms with E-state index in [0.717, 1.165) is 5.56 Å². The third-order valence-electron chi connectivity index (χ3n) is 3.34. The molecule has 5 heteroatoms. The van der Waals surface area contributed by atoms with E-state index in [1.807, 2.05) is 25.1 Å². The number of benzene rings is 1. The number of aliphatic hydroxyl groups is 1. The van der Waals surface area contributed by atoms with Crippen molar-refractivity contribution in [3.63, 3.8) is 0 Å². The number of hydrogen-bond donors (Lipinski definition) is 2. The van der Waals surface area contributed by atoms with Crippen LogP contribution in [0.2, 0.25) is 0 Å². The highest BCUT2D eigenvalue weighted by atomic mass is 16.5. The number of carbonyl (C=O) groups is 1. The second kappa shape index (κ2) is 9.33. The SMILES string of the molecule is CCOc1ccc(/C=C/C(=O)NC(CO)CC(C)(C)C)cc1OC. The number of aliphatic hydroxyl groups excluding tert-OH is 1. The highest BCUT2D eigenvalue weighted by Crippen LogP contribution is 2.28. The summed E-state index contributed by atoms with van der Waals surface area (Å²) in [7, 11) is 1.58. The average molecular weight is 335 g/mol. The second-order valence-corrected chi connectivity index (χ2v) is 6.83. The van der Waals surface area contributed by atoms with Gasteiger partial charge in [0.05, 0.1) is 26.4 Å². The van der Waals surface area contributed by atoms with Gasteiger partial charge in [-0.05, 0) is 42.5 Å². The first kappa shape index (κ1) is 20.0. The van der Waals surface area contributed by atoms with Crippen molar-refractivity contribution < 1.29 is 19.4 Å². The van der Waals surface area contributed by atoms with Gasteiger partial charge in [-0.3, -0.25) is 4.79 Å². The van der Waals surface area contributed by atoms with Gasteiger partial charge in [0.15, 0.2) is 11.5 Å². The Morgan fingerprint density at radius 2 is 2.04 bits per heavy atom. The maximum Gasteiger partial charge on any atom is 0.244 e. The molecule has 134 valence electrons. The fourth-order valence-electron chi connectivity index (χ4n) is 2.38. The summed E-state index contributed by atoms with van der Waals surface area (Å²) < 4.78 is 10.8. The topological polar surface area (TPSA) is 67.8 Å². The van der Waals surface area contributed by atoms with Gasteiger partial charge in [-0.1, -0.05) is 26.8 Å². The van der Waals surface area contributed by atoms with Gasteiger partial charge in [0, 0.05) is 6.08 Å². The molecule has 1 atom stereocenters. The first-order valence-corrected chi connectivity index (χ1v) is 8.19. The summed E-state index contributed by atoms with van der Waals surface area (Å²) >= 11 is 0. The summed E-state index contributed by atoms with van der Waals surface area (Å²) in [5.74, 6) is 1.07. The molecule has 0 aliphatic carbocycles. The lowest BCUT2D eigenvalue weighted by Gasteiger charge is -2.24. The van der Waals surface area contributed by atoms with Gasteiger partial charge >= 0.3 is 0 Å². The standard InChI is InChI=1S/C19H29NO4/c1-6-24-16-9-7-14(11-17(16)23-5)8-10-18(22)20-15(13-21)12-19(2,3)4/h7-11,15,21H,6,12-13H2,1-5H3,(H,20,22)/b10-8+. The Balaban J connectivity index is 2.72. The quantitative estimate of drug-likeness (QED) is 0.717. The minimum absolute atomic E-state index is 0.0346. The minimum Gasteiger partial charge on any atom is -0.493 e. The second-order valence-electron chi connectivity index (χ2n) is 6.83. The summed E-state index contributed by atoms with van der Waals surface area (Å²) in [6, 6.07) is 5.23. The van der Waals surface area contributed by atoms with Crippen LogP contribution >= 0.6 is 0 Å². The van der Waals surface area contributed by atoms with E-state index in [9.17, 15) is 9.90 Å². The van der Waals surface area contributed by atoms with Gasteiger partial charge in [-0.2, -0.15) is 0 Å². The lowest BCUT2D eigenvalue weighted by molar-refractivity contribution is -0.117. The third-order valence-corrected chi connectivity index (χ3v) is 3.34. The van der Waals surface area contributed by atoms with Crippen LogP contribution in [0.1, 0.15) is 39.7 Å². The van der Waals surface area contributed by atoms with Crippen LogP contribution in [0.4, 0.5) is 0 Å². The molecule has 0 fully saturated rings. The van der Waals surface area contributed by atoms with Gasteiger partial charge in [-0.25, -0.2) is 0 Å². The van der Waals surface area contributed by atoms with E-state index in [-0.39, 0.29) is 24.0 Å². The first-order chi connectivity index (χ1) is 11.3. The van der Waals surface area contributed by atoms with Crippen LogP contribution in [-0.2, 0) is 4.79 Å². The van der Waals surface area contributed by atoms with E-state index in [1.54, 1.807) is 13.2 Å². The van der Waals surface area contributed by atoms with Gasteiger partial charge in [0.25, 0.3) is 0 Å². The van der Waals surface area contributed by atoms with Gasteiger partial charge < -0.3 is 19.9 Å². The molecular formula is C19H29NO4. The lowest BCUT2D eigenvalue weighted by Crippen LogP contribution is -2.39. The summed E-state index contributed by atoms with van der Waals surface area (Å²) in [4.78, 5) is 12.0. The molecule has 0 saturated carbocycles. The molecule has 1 unspecified atom stereocenters. The Morgan fingerprint density at radius 3 is 2.58 bits per heavy atom. The first-order valence-electron chi connectivity index (χ1n) is 8.19. The van der Waals surface area contributed by atoms with E-state index in [0.29, 0.717) is 24.5 Å². The number of methoxy groups -OCH3 is 1. The fraction of sp³-hybridized carbons (Fsp3) is 0.526. The van der Waals surface area contributed by atoms with Crippen molar-refractivity contribution in [1.82, 2.24) is 5.32 Å². The van der Waals surface area contributed by atoms with Crippen molar-refractivity contribution in [3.8, 4) is 11.5 Å². The number of ether oxygens (including phenoxy) is 2. The van der Waals surface area contributed by atoms with E-state index in [1.165, 1.54) is 6.08 Å². The number of hydrogen-bond acceptors (Lipinski definition) is 4. The predicted molar refractivity (Wildman–Crippen MR) is 96.3 cm³/mol. The van der Waals surface area contributed by atoms with Crippen molar-refractivity contribution >= 4 is 12.0 Å². The molecule has 0 aliphatic rings. The Kier molecular flexibility index (Phi) is 7.79. The molecule has 0 spiro atoms. The molecule has 0 aliphatic heterocycles. The number of amides is 1. The van der Waals surface area contributed by atoms with Crippen molar-refractivity contribution in [2.24, 2.45) is 5.41 Å². The van der Waals surface area contributed by atoms with Crippen molar-refractivity contribution in [2.45, 2.75) is 40.2 Å². The van der Waals surface area contributed by atoms with Crippen LogP contribution in [0.15, 0.2) is 24.3 Å². The molecule has 1 aromatic rings. The molecule has 0 radical (unpaired) electrons. The zero-order valence-corrected chi connectivity index (χ0v) is 15.3. The summed E-state index contributed by atoms with van der Waals surface area (Å²) in [6.07, 6.45) is 3.87. The summed E-state index contributed by atoms with van der Waals surface area (Å²) in [6.45, 7) is 8.61. The molecule has 2 N–H and O–H groups in total. The zero-order chi connectivity index (χ0) is 18.2. The maximum atomic E-state index is 12.0. The Bertz CT molecular complexity index is 561. The number of nitrogens with one attached hydrogen (secondary N) is 1. The van der Waals surface area contributed by atoms with E-state index >= 15 is 0 Å². The van der Waals surface area contributed by atoms with Crippen LogP contribution in [0, 0.1) is 5.41 Å². The van der Waals surface area contributed by atoms with E-state index in [2.05, 4.69) is 26.1 Å². The van der Waals surface area contributed by atoms with E-state index < -0.39 is 0 Å². The Labute approximate surface area is 144 Å². The van der Waals surface area contributed by atoms with Crippen LogP contribution in [0.5, 0.6) is 11.5 Å². The molecule has 0 bridgehead atoms. The predicted octanol–water partition coefficient (Wildman–Crippen LogP) is 3.02. The molecule has 0 aromatic heterocycles. The van der Waals surface area contributed by atoms with Gasteiger partial charge in [0.2, 0.25) is 5.91 Å². The fourth-order valence-corrected chi connectivity index (χ4v) is 2.38. The van der Waals surface area contributed by atoms with Crippen LogP contribution < -0.4 is 14.8 Å². The molecular weight excluding hydrogens is 306 g/mol. The molecule has 0 saturated heterocycles. The third kappa shape index (κ3) is 7.04. The molecule has 1 aromatic carbocycles. The molecule has 0 heterocycles. The molecule has 24 heavy (non-hydrogen) atoms. The molecule has 5 nitrogen and oxygen atoms in total. The van der Waals surface area contributed by atoms with E-state index in [4.69, 9.17) is 9.47 Å². The average Bonchev–Trinajstić information content (AvgIpc) is 2.52. The van der Waals surface area contributed by atoms with Crippen LogP contribution in [0.3, 0.4) is 0 Å². The monoisotopic (exact) mass is 335 g/mol. The number of rotatable bonds is 8. The smallest absolute Gasteiger partial charge is 0.244 e. The zero-order valence-electron chi connectivity index (χ0n) is 15.3. The van der Waals surface area contributed by atoms with Crippen LogP contribution in [-0.4, -0.2) is 37.4 Å². The highest BCUT2D eigenvalue weighted by molar-refractivity contribution is 5.92. The van der Waals surface area contributed by atoms with Gasteiger partial charge in [-0.15, -0.1) is 0 Å². The Hall–Kier alpha value is -2.01. The molecule has 1 rings (SSSR count). The summed E-state index contributed by atoms with van der Waals surface area (Å²) in [5, 5.41) is 12.2. The number of carbonyl (C=O) groups excluding carboxylic acids is 1. The normalized spacial score (nSPS) is 12.9. The van der Waals surface area contributed by atoms with Crippen molar-refractivity contribution in [3.05, 3.63) is 29.8 Å². The molecule has 1 amide bonds. The van der Waals surface area contributed by atoms with Crippen molar-refractivity contribution in [2.75, 3.05) is 20.3 Å². The largest absolute Gasteiger partial charge is 0.493 e.